The molecule has 3 amide bonds. The Labute approximate surface area is 90.0 Å². The minimum atomic E-state index is -0.482. The van der Waals surface area contributed by atoms with Crippen LogP contribution in [-0.2, 0) is 4.79 Å². The molecule has 1 unspecified atom stereocenters. The summed E-state index contributed by atoms with van der Waals surface area (Å²) in [5.74, 6) is -0.114. The van der Waals surface area contributed by atoms with Crippen molar-refractivity contribution in [2.75, 3.05) is 0 Å². The molecule has 0 aliphatic heterocycles. The van der Waals surface area contributed by atoms with Crippen molar-refractivity contribution in [1.29, 1.82) is 0 Å². The van der Waals surface area contributed by atoms with E-state index in [1.807, 2.05) is 13.8 Å². The third-order valence-corrected chi connectivity index (χ3v) is 2.08. The predicted molar refractivity (Wildman–Crippen MR) is 57.4 cm³/mol. The number of amides is 3. The summed E-state index contributed by atoms with van der Waals surface area (Å²) in [4.78, 5) is 22.7. The van der Waals surface area contributed by atoms with Gasteiger partial charge in [-0.2, -0.15) is 0 Å². The van der Waals surface area contributed by atoms with Gasteiger partial charge in [-0.05, 0) is 33.6 Å². The Kier molecular flexibility index (Phi) is 3.94. The number of hydrogen-bond acceptors (Lipinski definition) is 2. The van der Waals surface area contributed by atoms with Crippen LogP contribution in [-0.4, -0.2) is 30.1 Å². The lowest BCUT2D eigenvalue weighted by Gasteiger charge is -2.15. The third-order valence-electron chi connectivity index (χ3n) is 2.08. The van der Waals surface area contributed by atoms with E-state index in [-0.39, 0.29) is 18.0 Å². The molecule has 1 fully saturated rings. The largest absolute Gasteiger partial charge is 0.352 e. The first-order valence-electron chi connectivity index (χ1n) is 5.36. The maximum absolute atomic E-state index is 11.5. The van der Waals surface area contributed by atoms with Crippen molar-refractivity contribution in [3.8, 4) is 0 Å². The molecule has 0 aromatic rings. The quantitative estimate of drug-likeness (QED) is 0.631. The van der Waals surface area contributed by atoms with Gasteiger partial charge in [-0.1, -0.05) is 0 Å². The maximum atomic E-state index is 11.5. The zero-order valence-corrected chi connectivity index (χ0v) is 9.46. The number of nitrogens with one attached hydrogen (secondary N) is 3. The van der Waals surface area contributed by atoms with Gasteiger partial charge in [-0.15, -0.1) is 0 Å². The van der Waals surface area contributed by atoms with E-state index in [0.29, 0.717) is 6.04 Å². The summed E-state index contributed by atoms with van der Waals surface area (Å²) < 4.78 is 0. The average Bonchev–Trinajstić information content (AvgIpc) is 2.86. The Bertz CT molecular complexity index is 249. The summed E-state index contributed by atoms with van der Waals surface area (Å²) >= 11 is 0. The highest BCUT2D eigenvalue weighted by atomic mass is 16.2. The third kappa shape index (κ3) is 4.67. The average molecular weight is 213 g/mol. The van der Waals surface area contributed by atoms with Gasteiger partial charge in [0.15, 0.2) is 0 Å². The van der Waals surface area contributed by atoms with E-state index < -0.39 is 6.04 Å². The van der Waals surface area contributed by atoms with Crippen LogP contribution in [0.15, 0.2) is 0 Å². The van der Waals surface area contributed by atoms with Crippen molar-refractivity contribution in [3.63, 3.8) is 0 Å². The summed E-state index contributed by atoms with van der Waals surface area (Å²) in [7, 11) is 0. The zero-order chi connectivity index (χ0) is 11.4. The number of hydrogen-bond donors (Lipinski definition) is 3. The molecule has 1 atom stereocenters. The van der Waals surface area contributed by atoms with Crippen molar-refractivity contribution < 1.29 is 9.59 Å². The molecule has 1 saturated carbocycles. The predicted octanol–water partition coefficient (Wildman–Crippen LogP) is 0.361. The van der Waals surface area contributed by atoms with Crippen LogP contribution in [0.3, 0.4) is 0 Å². The molecule has 0 heterocycles. The Morgan fingerprint density at radius 2 is 1.73 bits per heavy atom. The first-order chi connectivity index (χ1) is 6.99. The molecule has 5 nitrogen and oxygen atoms in total. The first-order valence-corrected chi connectivity index (χ1v) is 5.36. The number of carbonyl (C=O) groups is 2. The summed E-state index contributed by atoms with van der Waals surface area (Å²) in [6.07, 6.45) is 2.10. The van der Waals surface area contributed by atoms with Crippen LogP contribution in [0, 0.1) is 0 Å². The van der Waals surface area contributed by atoms with E-state index in [9.17, 15) is 9.59 Å². The van der Waals surface area contributed by atoms with E-state index in [2.05, 4.69) is 16.0 Å². The molecule has 0 spiro atoms. The molecule has 1 aliphatic carbocycles. The Morgan fingerprint density at radius 3 is 2.20 bits per heavy atom. The minimum absolute atomic E-state index is 0.0729. The van der Waals surface area contributed by atoms with Crippen LogP contribution in [0.4, 0.5) is 4.79 Å². The van der Waals surface area contributed by atoms with Gasteiger partial charge in [0.05, 0.1) is 0 Å². The molecule has 1 rings (SSSR count). The van der Waals surface area contributed by atoms with Crippen LogP contribution in [0.5, 0.6) is 0 Å². The summed E-state index contributed by atoms with van der Waals surface area (Å²) in [6, 6.07) is -0.383. The van der Waals surface area contributed by atoms with Gasteiger partial charge >= 0.3 is 6.03 Å². The fourth-order valence-corrected chi connectivity index (χ4v) is 1.12. The highest BCUT2D eigenvalue weighted by Gasteiger charge is 2.26. The molecule has 15 heavy (non-hydrogen) atoms. The molecule has 86 valence electrons. The van der Waals surface area contributed by atoms with Crippen LogP contribution < -0.4 is 16.0 Å². The van der Waals surface area contributed by atoms with Gasteiger partial charge in [-0.3, -0.25) is 4.79 Å². The highest BCUT2D eigenvalue weighted by molar-refractivity contribution is 5.87. The second-order valence-corrected chi connectivity index (χ2v) is 4.28. The first kappa shape index (κ1) is 11.8. The van der Waals surface area contributed by atoms with E-state index in [1.165, 1.54) is 0 Å². The lowest BCUT2D eigenvalue weighted by atomic mass is 10.3. The van der Waals surface area contributed by atoms with E-state index >= 15 is 0 Å². The highest BCUT2D eigenvalue weighted by Crippen LogP contribution is 2.18. The molecular weight excluding hydrogens is 194 g/mol. The number of urea groups is 1. The lowest BCUT2D eigenvalue weighted by Crippen LogP contribution is -2.50. The molecule has 0 aromatic heterocycles. The summed E-state index contributed by atoms with van der Waals surface area (Å²) in [6.45, 7) is 5.42. The van der Waals surface area contributed by atoms with Crippen LogP contribution in [0.1, 0.15) is 33.6 Å². The molecule has 0 saturated heterocycles. The van der Waals surface area contributed by atoms with Crippen molar-refractivity contribution >= 4 is 11.9 Å². The van der Waals surface area contributed by atoms with Crippen LogP contribution in [0.2, 0.25) is 0 Å². The van der Waals surface area contributed by atoms with Crippen molar-refractivity contribution in [2.45, 2.75) is 51.7 Å². The molecular formula is C10H19N3O2. The molecule has 0 bridgehead atoms. The second-order valence-electron chi connectivity index (χ2n) is 4.28. The summed E-state index contributed by atoms with van der Waals surface area (Å²) in [5.41, 5.74) is 0. The smallest absolute Gasteiger partial charge is 0.315 e. The molecule has 1 aliphatic rings. The number of carbonyl (C=O) groups excluding carboxylic acids is 2. The zero-order valence-electron chi connectivity index (χ0n) is 9.46. The molecule has 0 radical (unpaired) electrons. The number of rotatable bonds is 4. The normalized spacial score (nSPS) is 17.1. The van der Waals surface area contributed by atoms with Crippen molar-refractivity contribution in [2.24, 2.45) is 0 Å². The topological polar surface area (TPSA) is 70.2 Å². The standard InChI is InChI=1S/C10H19N3O2/c1-6(2)11-10(15)12-7(3)9(14)13-8-4-5-8/h6-8H,4-5H2,1-3H3,(H,13,14)(H2,11,12,15). The van der Waals surface area contributed by atoms with E-state index in [0.717, 1.165) is 12.8 Å². The Hall–Kier alpha value is -1.26. The van der Waals surface area contributed by atoms with E-state index in [4.69, 9.17) is 0 Å². The lowest BCUT2D eigenvalue weighted by molar-refractivity contribution is -0.122. The molecule has 3 N–H and O–H groups in total. The monoisotopic (exact) mass is 213 g/mol. The second kappa shape index (κ2) is 5.00. The van der Waals surface area contributed by atoms with Crippen LogP contribution >= 0.6 is 0 Å². The minimum Gasteiger partial charge on any atom is -0.352 e. The van der Waals surface area contributed by atoms with Gasteiger partial charge in [0, 0.05) is 12.1 Å². The van der Waals surface area contributed by atoms with Gasteiger partial charge in [0.1, 0.15) is 6.04 Å². The van der Waals surface area contributed by atoms with Gasteiger partial charge in [0.25, 0.3) is 0 Å². The summed E-state index contributed by atoms with van der Waals surface area (Å²) in [5, 5.41) is 8.08. The van der Waals surface area contributed by atoms with Gasteiger partial charge in [0.2, 0.25) is 5.91 Å². The SMILES string of the molecule is CC(C)NC(=O)NC(C)C(=O)NC1CC1. The van der Waals surface area contributed by atoms with Crippen molar-refractivity contribution in [1.82, 2.24) is 16.0 Å². The van der Waals surface area contributed by atoms with Crippen LogP contribution in [0.25, 0.3) is 0 Å². The Morgan fingerprint density at radius 1 is 1.13 bits per heavy atom. The maximum Gasteiger partial charge on any atom is 0.315 e. The fraction of sp³-hybridized carbons (Fsp3) is 0.800. The van der Waals surface area contributed by atoms with E-state index in [1.54, 1.807) is 6.92 Å². The Balaban J connectivity index is 2.23. The van der Waals surface area contributed by atoms with Gasteiger partial charge < -0.3 is 16.0 Å². The molecule has 5 heteroatoms. The van der Waals surface area contributed by atoms with Crippen molar-refractivity contribution in [3.05, 3.63) is 0 Å². The fourth-order valence-electron chi connectivity index (χ4n) is 1.12. The molecule has 0 aromatic carbocycles. The van der Waals surface area contributed by atoms with Gasteiger partial charge in [-0.25, -0.2) is 4.79 Å².